The molecule has 0 amide bonds. The van der Waals surface area contributed by atoms with Gasteiger partial charge >= 0.3 is 0 Å². The van der Waals surface area contributed by atoms with Gasteiger partial charge in [-0.3, -0.25) is 0 Å². The lowest BCUT2D eigenvalue weighted by Gasteiger charge is -2.48. The van der Waals surface area contributed by atoms with E-state index in [1.54, 1.807) is 0 Å². The second-order valence-electron chi connectivity index (χ2n) is 6.12. The average Bonchev–Trinajstić information content (AvgIpc) is 1.58. The highest BCUT2D eigenvalue weighted by Crippen LogP contribution is 2.51. The van der Waals surface area contributed by atoms with Gasteiger partial charge in [-0.05, 0) is 10.5 Å². The predicted octanol–water partition coefficient (Wildman–Crippen LogP) is 4.15. The molecule has 0 saturated carbocycles. The van der Waals surface area contributed by atoms with Crippen LogP contribution in [0.5, 0.6) is 0 Å². The zero-order valence-corrected chi connectivity index (χ0v) is 10.5. The maximum Gasteiger partial charge on any atom is 0.0505 e. The van der Waals surface area contributed by atoms with Gasteiger partial charge < -0.3 is 0 Å². The highest BCUT2D eigenvalue weighted by molar-refractivity contribution is 6.79. The van der Waals surface area contributed by atoms with Crippen molar-refractivity contribution in [3.63, 3.8) is 0 Å². The topological polar surface area (TPSA) is 0 Å². The SMILES string of the molecule is CC(C)(C)C(C)(C)[Si](C)(C)C. The molecule has 0 saturated heterocycles. The second kappa shape index (κ2) is 2.62. The molecule has 1 heteroatoms. The Balaban J connectivity index is 4.75. The van der Waals surface area contributed by atoms with Gasteiger partial charge in [-0.15, -0.1) is 0 Å². The molecule has 0 bridgehead atoms. The summed E-state index contributed by atoms with van der Waals surface area (Å²) in [4.78, 5) is 0. The standard InChI is InChI=1S/C10H24Si/c1-9(2,3)10(4,5)11(6,7)8/h1-8H3. The fourth-order valence-corrected chi connectivity index (χ4v) is 3.38. The first-order chi connectivity index (χ1) is 4.50. The van der Waals surface area contributed by atoms with Crippen molar-refractivity contribution in [1.82, 2.24) is 0 Å². The van der Waals surface area contributed by atoms with Gasteiger partial charge in [-0.2, -0.15) is 0 Å². The van der Waals surface area contributed by atoms with E-state index in [-0.39, 0.29) is 0 Å². The minimum Gasteiger partial charge on any atom is -0.0691 e. The molecule has 0 unspecified atom stereocenters. The van der Waals surface area contributed by atoms with Gasteiger partial charge in [-0.1, -0.05) is 54.3 Å². The van der Waals surface area contributed by atoms with Crippen molar-refractivity contribution in [1.29, 1.82) is 0 Å². The van der Waals surface area contributed by atoms with Crippen LogP contribution in [-0.4, -0.2) is 8.07 Å². The molecule has 0 rings (SSSR count). The highest BCUT2D eigenvalue weighted by Gasteiger charge is 2.43. The Bertz CT molecular complexity index is 116. The van der Waals surface area contributed by atoms with E-state index in [9.17, 15) is 0 Å². The lowest BCUT2D eigenvalue weighted by Crippen LogP contribution is -2.43. The third-order valence-electron chi connectivity index (χ3n) is 3.75. The Morgan fingerprint density at radius 2 is 1.00 bits per heavy atom. The van der Waals surface area contributed by atoms with E-state index in [0.717, 1.165) is 0 Å². The maximum absolute atomic E-state index is 2.46. The van der Waals surface area contributed by atoms with Crippen LogP contribution in [0.25, 0.3) is 0 Å². The highest BCUT2D eigenvalue weighted by atomic mass is 28.3. The normalized spacial score (nSPS) is 15.3. The first-order valence-electron chi connectivity index (χ1n) is 4.50. The fourth-order valence-electron chi connectivity index (χ4n) is 1.12. The van der Waals surface area contributed by atoms with Gasteiger partial charge in [0.2, 0.25) is 0 Å². The van der Waals surface area contributed by atoms with Crippen molar-refractivity contribution >= 4 is 8.07 Å². The van der Waals surface area contributed by atoms with Crippen LogP contribution in [0, 0.1) is 5.41 Å². The summed E-state index contributed by atoms with van der Waals surface area (Å²) < 4.78 is 0. The van der Waals surface area contributed by atoms with Crippen molar-refractivity contribution in [3.8, 4) is 0 Å². The van der Waals surface area contributed by atoms with E-state index in [2.05, 4.69) is 54.3 Å². The first kappa shape index (κ1) is 11.2. The van der Waals surface area contributed by atoms with Gasteiger partial charge in [0.15, 0.2) is 0 Å². The minimum absolute atomic E-state index is 0.442. The van der Waals surface area contributed by atoms with Crippen LogP contribution in [0.2, 0.25) is 24.7 Å². The fraction of sp³-hybridized carbons (Fsp3) is 1.00. The number of hydrogen-bond acceptors (Lipinski definition) is 0. The van der Waals surface area contributed by atoms with E-state index < -0.39 is 8.07 Å². The summed E-state index contributed by atoms with van der Waals surface area (Å²) in [6.45, 7) is 19.3. The van der Waals surface area contributed by atoms with Crippen LogP contribution in [0.4, 0.5) is 0 Å². The van der Waals surface area contributed by atoms with Crippen LogP contribution in [0.1, 0.15) is 34.6 Å². The van der Waals surface area contributed by atoms with Crippen molar-refractivity contribution < 1.29 is 0 Å². The number of hydrogen-bond donors (Lipinski definition) is 0. The summed E-state index contributed by atoms with van der Waals surface area (Å²) in [6.07, 6.45) is 0. The molecule has 0 aliphatic carbocycles. The molecule has 0 radical (unpaired) electrons. The molecule has 0 fully saturated rings. The Morgan fingerprint density at radius 1 is 0.727 bits per heavy atom. The molecule has 0 aromatic carbocycles. The summed E-state index contributed by atoms with van der Waals surface area (Å²) in [7, 11) is -1.02. The van der Waals surface area contributed by atoms with E-state index in [1.807, 2.05) is 0 Å². The average molecular weight is 172 g/mol. The van der Waals surface area contributed by atoms with Crippen LogP contribution in [0.15, 0.2) is 0 Å². The Kier molecular flexibility index (Phi) is 2.67. The monoisotopic (exact) mass is 172 g/mol. The Hall–Kier alpha value is 0.217. The van der Waals surface area contributed by atoms with Crippen LogP contribution in [-0.2, 0) is 0 Å². The molecular formula is C10H24Si. The van der Waals surface area contributed by atoms with Gasteiger partial charge in [-0.25, -0.2) is 0 Å². The molecule has 0 heterocycles. The summed E-state index contributed by atoms with van der Waals surface area (Å²) in [5, 5.41) is 0.514. The van der Waals surface area contributed by atoms with Gasteiger partial charge in [0.25, 0.3) is 0 Å². The van der Waals surface area contributed by atoms with E-state index in [0.29, 0.717) is 10.5 Å². The largest absolute Gasteiger partial charge is 0.0691 e. The maximum atomic E-state index is 2.46. The van der Waals surface area contributed by atoms with Crippen LogP contribution in [0.3, 0.4) is 0 Å². The molecule has 68 valence electrons. The lowest BCUT2D eigenvalue weighted by atomic mass is 9.82. The van der Waals surface area contributed by atoms with Crippen molar-refractivity contribution in [2.45, 2.75) is 59.3 Å². The third kappa shape index (κ3) is 2.08. The first-order valence-corrected chi connectivity index (χ1v) is 8.00. The molecule has 0 aromatic heterocycles. The molecule has 0 nitrogen and oxygen atoms in total. The zero-order valence-electron chi connectivity index (χ0n) is 9.50. The van der Waals surface area contributed by atoms with Crippen molar-refractivity contribution in [2.75, 3.05) is 0 Å². The third-order valence-corrected chi connectivity index (χ3v) is 8.25. The van der Waals surface area contributed by atoms with Gasteiger partial charge in [0.1, 0.15) is 0 Å². The lowest BCUT2D eigenvalue weighted by molar-refractivity contribution is 0.289. The van der Waals surface area contributed by atoms with E-state index in [1.165, 1.54) is 0 Å². The molecular weight excluding hydrogens is 148 g/mol. The predicted molar refractivity (Wildman–Crippen MR) is 56.8 cm³/mol. The van der Waals surface area contributed by atoms with Crippen molar-refractivity contribution in [2.24, 2.45) is 5.41 Å². The van der Waals surface area contributed by atoms with E-state index >= 15 is 0 Å². The molecule has 0 aromatic rings. The molecule has 0 aliphatic heterocycles. The molecule has 0 aliphatic rings. The quantitative estimate of drug-likeness (QED) is 0.521. The smallest absolute Gasteiger partial charge is 0.0505 e. The molecule has 0 spiro atoms. The summed E-state index contributed by atoms with van der Waals surface area (Å²) >= 11 is 0. The van der Waals surface area contributed by atoms with Crippen LogP contribution >= 0.6 is 0 Å². The summed E-state index contributed by atoms with van der Waals surface area (Å²) in [5.41, 5.74) is 0.442. The molecule has 0 atom stereocenters. The molecule has 0 N–H and O–H groups in total. The van der Waals surface area contributed by atoms with E-state index in [4.69, 9.17) is 0 Å². The zero-order chi connectivity index (χ0) is 9.50. The minimum atomic E-state index is -1.02. The van der Waals surface area contributed by atoms with Crippen molar-refractivity contribution in [3.05, 3.63) is 0 Å². The Morgan fingerprint density at radius 3 is 1.00 bits per heavy atom. The van der Waals surface area contributed by atoms with Gasteiger partial charge in [0.05, 0.1) is 8.07 Å². The summed E-state index contributed by atoms with van der Waals surface area (Å²) in [5.74, 6) is 0. The van der Waals surface area contributed by atoms with Gasteiger partial charge in [0, 0.05) is 0 Å². The van der Waals surface area contributed by atoms with Crippen LogP contribution < -0.4 is 0 Å². The summed E-state index contributed by atoms with van der Waals surface area (Å²) in [6, 6.07) is 0. The Labute approximate surface area is 73.4 Å². The molecule has 11 heavy (non-hydrogen) atoms. The number of rotatable bonds is 1. The second-order valence-corrected chi connectivity index (χ2v) is 11.9.